The summed E-state index contributed by atoms with van der Waals surface area (Å²) in [5.41, 5.74) is 0.267. The molecule has 0 amide bonds. The van der Waals surface area contributed by atoms with Crippen molar-refractivity contribution in [2.75, 3.05) is 6.61 Å². The quantitative estimate of drug-likeness (QED) is 0.847. The van der Waals surface area contributed by atoms with Crippen LogP contribution >= 0.6 is 0 Å². The minimum Gasteiger partial charge on any atom is -0.504 e. The SMILES string of the molecule is CCOc1cccc(C2(C(C)=O)CC2)c1O. The Kier molecular flexibility index (Phi) is 2.62. The second-order valence-electron chi connectivity index (χ2n) is 4.22. The number of carbonyl (C=O) groups excluding carboxylic acids is 1. The second kappa shape index (κ2) is 3.81. The number of ketones is 1. The molecule has 0 aliphatic heterocycles. The number of hydrogen-bond acceptors (Lipinski definition) is 3. The Balaban J connectivity index is 2.42. The van der Waals surface area contributed by atoms with Gasteiger partial charge in [-0.1, -0.05) is 12.1 Å². The third kappa shape index (κ3) is 1.56. The number of rotatable bonds is 4. The number of benzene rings is 1. The first-order chi connectivity index (χ1) is 7.62. The summed E-state index contributed by atoms with van der Waals surface area (Å²) in [6.45, 7) is 3.95. The van der Waals surface area contributed by atoms with Crippen molar-refractivity contribution >= 4 is 5.78 Å². The van der Waals surface area contributed by atoms with Crippen LogP contribution in [0.2, 0.25) is 0 Å². The van der Waals surface area contributed by atoms with Gasteiger partial charge in [-0.05, 0) is 32.8 Å². The van der Waals surface area contributed by atoms with E-state index in [-0.39, 0.29) is 11.5 Å². The van der Waals surface area contributed by atoms with Crippen LogP contribution in [0.1, 0.15) is 32.3 Å². The fourth-order valence-electron chi connectivity index (χ4n) is 2.12. The summed E-state index contributed by atoms with van der Waals surface area (Å²) in [5, 5.41) is 10.1. The minimum atomic E-state index is -0.447. The number of para-hydroxylation sites is 1. The third-order valence-electron chi connectivity index (χ3n) is 3.24. The first-order valence-electron chi connectivity index (χ1n) is 5.58. The summed E-state index contributed by atoms with van der Waals surface area (Å²) in [4.78, 5) is 11.6. The van der Waals surface area contributed by atoms with Crippen molar-refractivity contribution < 1.29 is 14.6 Å². The van der Waals surface area contributed by atoms with Crippen molar-refractivity contribution in [3.8, 4) is 11.5 Å². The van der Waals surface area contributed by atoms with E-state index in [4.69, 9.17) is 4.74 Å². The average Bonchev–Trinajstić information content (AvgIpc) is 3.02. The highest BCUT2D eigenvalue weighted by Crippen LogP contribution is 2.53. The van der Waals surface area contributed by atoms with E-state index in [1.54, 1.807) is 13.0 Å². The van der Waals surface area contributed by atoms with E-state index >= 15 is 0 Å². The Morgan fingerprint density at radius 1 is 1.50 bits per heavy atom. The molecule has 0 heterocycles. The Bertz CT molecular complexity index is 419. The number of phenols is 1. The van der Waals surface area contributed by atoms with Crippen molar-refractivity contribution in [2.24, 2.45) is 0 Å². The van der Waals surface area contributed by atoms with E-state index in [0.29, 0.717) is 17.9 Å². The van der Waals surface area contributed by atoms with Crippen LogP contribution < -0.4 is 4.74 Å². The molecular formula is C13H16O3. The first-order valence-corrected chi connectivity index (χ1v) is 5.58. The number of Topliss-reactive ketones (excluding diaryl/α,β-unsaturated/α-hetero) is 1. The Morgan fingerprint density at radius 2 is 2.19 bits per heavy atom. The molecule has 1 aliphatic carbocycles. The van der Waals surface area contributed by atoms with Crippen LogP contribution in [0.5, 0.6) is 11.5 Å². The maximum absolute atomic E-state index is 11.6. The summed E-state index contributed by atoms with van der Waals surface area (Å²) in [7, 11) is 0. The molecule has 2 rings (SSSR count). The van der Waals surface area contributed by atoms with Gasteiger partial charge in [0.05, 0.1) is 12.0 Å². The predicted octanol–water partition coefficient (Wildman–Crippen LogP) is 2.41. The van der Waals surface area contributed by atoms with Gasteiger partial charge in [-0.15, -0.1) is 0 Å². The second-order valence-corrected chi connectivity index (χ2v) is 4.22. The average molecular weight is 220 g/mol. The van der Waals surface area contributed by atoms with Gasteiger partial charge in [0.2, 0.25) is 0 Å². The van der Waals surface area contributed by atoms with E-state index in [1.165, 1.54) is 0 Å². The number of aromatic hydroxyl groups is 1. The topological polar surface area (TPSA) is 46.5 Å². The van der Waals surface area contributed by atoms with Crippen LogP contribution in [0.25, 0.3) is 0 Å². The molecule has 3 nitrogen and oxygen atoms in total. The van der Waals surface area contributed by atoms with Crippen LogP contribution in [-0.4, -0.2) is 17.5 Å². The number of carbonyl (C=O) groups is 1. The smallest absolute Gasteiger partial charge is 0.161 e. The van der Waals surface area contributed by atoms with E-state index in [2.05, 4.69) is 0 Å². The van der Waals surface area contributed by atoms with Crippen LogP contribution in [0.3, 0.4) is 0 Å². The zero-order valence-corrected chi connectivity index (χ0v) is 9.62. The largest absolute Gasteiger partial charge is 0.504 e. The number of phenolic OH excluding ortho intramolecular Hbond substituents is 1. The number of hydrogen-bond donors (Lipinski definition) is 1. The van der Waals surface area contributed by atoms with Crippen LogP contribution in [-0.2, 0) is 10.2 Å². The lowest BCUT2D eigenvalue weighted by molar-refractivity contribution is -0.119. The summed E-state index contributed by atoms with van der Waals surface area (Å²) in [6, 6.07) is 5.36. The van der Waals surface area contributed by atoms with Crippen molar-refractivity contribution in [3.05, 3.63) is 23.8 Å². The van der Waals surface area contributed by atoms with E-state index in [0.717, 1.165) is 12.8 Å². The van der Waals surface area contributed by atoms with Crippen molar-refractivity contribution in [3.63, 3.8) is 0 Å². The molecule has 0 spiro atoms. The normalized spacial score (nSPS) is 16.9. The Morgan fingerprint density at radius 3 is 2.69 bits per heavy atom. The fourth-order valence-corrected chi connectivity index (χ4v) is 2.12. The fraction of sp³-hybridized carbons (Fsp3) is 0.462. The maximum Gasteiger partial charge on any atom is 0.161 e. The zero-order chi connectivity index (χ0) is 11.8. The van der Waals surface area contributed by atoms with Gasteiger partial charge in [0.15, 0.2) is 11.5 Å². The highest BCUT2D eigenvalue weighted by Gasteiger charge is 2.50. The minimum absolute atomic E-state index is 0.122. The van der Waals surface area contributed by atoms with Gasteiger partial charge < -0.3 is 9.84 Å². The molecule has 0 unspecified atom stereocenters. The van der Waals surface area contributed by atoms with E-state index in [1.807, 2.05) is 19.1 Å². The number of ether oxygens (including phenoxy) is 1. The monoisotopic (exact) mass is 220 g/mol. The van der Waals surface area contributed by atoms with Gasteiger partial charge in [0, 0.05) is 5.56 Å². The first kappa shape index (κ1) is 11.0. The molecule has 1 aliphatic rings. The maximum atomic E-state index is 11.6. The summed E-state index contributed by atoms with van der Waals surface area (Å²) < 4.78 is 5.32. The van der Waals surface area contributed by atoms with E-state index < -0.39 is 5.41 Å². The Labute approximate surface area is 95.0 Å². The Hall–Kier alpha value is -1.51. The molecule has 1 aromatic carbocycles. The third-order valence-corrected chi connectivity index (χ3v) is 3.24. The van der Waals surface area contributed by atoms with E-state index in [9.17, 15) is 9.90 Å². The molecule has 1 saturated carbocycles. The molecule has 0 bridgehead atoms. The van der Waals surface area contributed by atoms with Gasteiger partial charge in [-0.25, -0.2) is 0 Å². The van der Waals surface area contributed by atoms with Gasteiger partial charge in [0.25, 0.3) is 0 Å². The van der Waals surface area contributed by atoms with Crippen molar-refractivity contribution in [1.29, 1.82) is 0 Å². The van der Waals surface area contributed by atoms with Crippen LogP contribution in [0, 0.1) is 0 Å². The molecule has 0 radical (unpaired) electrons. The van der Waals surface area contributed by atoms with Crippen molar-refractivity contribution in [1.82, 2.24) is 0 Å². The molecule has 0 atom stereocenters. The van der Waals surface area contributed by atoms with Crippen molar-refractivity contribution in [2.45, 2.75) is 32.1 Å². The molecule has 0 saturated heterocycles. The van der Waals surface area contributed by atoms with Crippen LogP contribution in [0.4, 0.5) is 0 Å². The lowest BCUT2D eigenvalue weighted by Crippen LogP contribution is -2.17. The zero-order valence-electron chi connectivity index (χ0n) is 9.62. The highest BCUT2D eigenvalue weighted by molar-refractivity contribution is 5.92. The standard InChI is InChI=1S/C13H16O3/c1-3-16-11-6-4-5-10(12(11)15)13(7-8-13)9(2)14/h4-6,15H,3,7-8H2,1-2H3. The lowest BCUT2D eigenvalue weighted by atomic mass is 9.91. The molecule has 3 heteroatoms. The van der Waals surface area contributed by atoms with Gasteiger partial charge >= 0.3 is 0 Å². The molecule has 16 heavy (non-hydrogen) atoms. The molecule has 1 aromatic rings. The summed E-state index contributed by atoms with van der Waals surface area (Å²) in [5.74, 6) is 0.709. The van der Waals surface area contributed by atoms with Gasteiger partial charge in [0.1, 0.15) is 5.78 Å². The molecule has 86 valence electrons. The van der Waals surface area contributed by atoms with Gasteiger partial charge in [-0.2, -0.15) is 0 Å². The predicted molar refractivity (Wildman–Crippen MR) is 60.9 cm³/mol. The summed E-state index contributed by atoms with van der Waals surface area (Å²) in [6.07, 6.45) is 1.65. The molecule has 1 N–H and O–H groups in total. The van der Waals surface area contributed by atoms with Crippen LogP contribution in [0.15, 0.2) is 18.2 Å². The summed E-state index contributed by atoms with van der Waals surface area (Å²) >= 11 is 0. The molecular weight excluding hydrogens is 204 g/mol. The molecule has 1 fully saturated rings. The lowest BCUT2D eigenvalue weighted by Gasteiger charge is -2.16. The van der Waals surface area contributed by atoms with Gasteiger partial charge in [-0.3, -0.25) is 4.79 Å². The molecule has 0 aromatic heterocycles. The highest BCUT2D eigenvalue weighted by atomic mass is 16.5.